The van der Waals surface area contributed by atoms with Crippen molar-refractivity contribution in [2.45, 2.75) is 11.2 Å². The zero-order valence-electron chi connectivity index (χ0n) is 6.89. The maximum absolute atomic E-state index is 12.0. The van der Waals surface area contributed by atoms with E-state index in [-0.39, 0.29) is 12.4 Å². The van der Waals surface area contributed by atoms with Crippen LogP contribution in [-0.2, 0) is 16.3 Å². The molecule has 1 aromatic heterocycles. The number of hydrogen-bond donors (Lipinski definition) is 1. The summed E-state index contributed by atoms with van der Waals surface area (Å²) in [4.78, 5) is 2.96. The second-order valence-electron chi connectivity index (χ2n) is 2.36. The Hall–Kier alpha value is -0.860. The number of pyridine rings is 1. The lowest BCUT2D eigenvalue weighted by atomic mass is 10.3. The van der Waals surface area contributed by atoms with Crippen LogP contribution < -0.4 is 0 Å². The molecule has 1 N–H and O–H groups in total. The van der Waals surface area contributed by atoms with Crippen molar-refractivity contribution in [1.82, 2.24) is 4.98 Å². The maximum Gasteiger partial charge on any atom is 0.417 e. The molecule has 0 radical (unpaired) electrons. The van der Waals surface area contributed by atoms with Crippen molar-refractivity contribution in [1.29, 1.82) is 0 Å². The molecule has 0 aliphatic rings. The molecule has 0 amide bonds. The summed E-state index contributed by atoms with van der Waals surface area (Å²) in [5.41, 5.74) is -1.08. The summed E-state index contributed by atoms with van der Waals surface area (Å²) in [7, 11) is -4.54. The van der Waals surface area contributed by atoms with Gasteiger partial charge >= 0.3 is 16.3 Å². The van der Waals surface area contributed by atoms with Gasteiger partial charge in [-0.2, -0.15) is 21.6 Å². The lowest BCUT2D eigenvalue weighted by Crippen LogP contribution is -2.07. The number of rotatable bonds is 1. The van der Waals surface area contributed by atoms with E-state index in [1.807, 2.05) is 0 Å². The Balaban J connectivity index is 0.00000196. The van der Waals surface area contributed by atoms with Gasteiger partial charge in [-0.1, -0.05) is 0 Å². The molecular formula is C6H5ClF3NO3S. The molecule has 0 spiro atoms. The molecule has 0 fully saturated rings. The molecule has 0 aliphatic carbocycles. The summed E-state index contributed by atoms with van der Waals surface area (Å²) in [6.45, 7) is 0. The molecule has 1 rings (SSSR count). The molecule has 0 bridgehead atoms. The van der Waals surface area contributed by atoms with Crippen LogP contribution in [0.4, 0.5) is 13.2 Å². The minimum atomic E-state index is -4.58. The number of halogens is 4. The fraction of sp³-hybridized carbons (Fsp3) is 0.167. The molecule has 0 saturated carbocycles. The first-order chi connectivity index (χ1) is 6.21. The third-order valence-electron chi connectivity index (χ3n) is 1.33. The van der Waals surface area contributed by atoms with Gasteiger partial charge < -0.3 is 0 Å². The second kappa shape index (κ2) is 4.33. The van der Waals surface area contributed by atoms with Gasteiger partial charge in [-0.25, -0.2) is 4.98 Å². The smallest absolute Gasteiger partial charge is 0.281 e. The molecule has 0 atom stereocenters. The zero-order chi connectivity index (χ0) is 11.0. The van der Waals surface area contributed by atoms with E-state index >= 15 is 0 Å². The fourth-order valence-electron chi connectivity index (χ4n) is 0.701. The molecule has 86 valence electrons. The largest absolute Gasteiger partial charge is 0.417 e. The Labute approximate surface area is 89.3 Å². The van der Waals surface area contributed by atoms with E-state index in [0.29, 0.717) is 18.3 Å². The SMILES string of the molecule is Cl.O=S(=O)(O)c1ccc(C(F)(F)F)cn1. The van der Waals surface area contributed by atoms with Crippen molar-refractivity contribution >= 4 is 22.5 Å². The van der Waals surface area contributed by atoms with Crippen molar-refractivity contribution < 1.29 is 26.1 Å². The van der Waals surface area contributed by atoms with Crippen molar-refractivity contribution in [3.8, 4) is 0 Å². The van der Waals surface area contributed by atoms with Crippen molar-refractivity contribution in [3.05, 3.63) is 23.9 Å². The summed E-state index contributed by atoms with van der Waals surface area (Å²) in [6.07, 6.45) is -4.24. The number of nitrogens with zero attached hydrogens (tertiary/aromatic N) is 1. The van der Waals surface area contributed by atoms with Gasteiger partial charge in [0.25, 0.3) is 0 Å². The minimum Gasteiger partial charge on any atom is -0.281 e. The first-order valence-electron chi connectivity index (χ1n) is 3.22. The predicted molar refractivity (Wildman–Crippen MR) is 46.3 cm³/mol. The van der Waals surface area contributed by atoms with Gasteiger partial charge in [0.1, 0.15) is 0 Å². The minimum absolute atomic E-state index is 0. The standard InChI is InChI=1S/C6H4F3NO3S.ClH/c7-6(8,9)4-1-2-5(10-3-4)14(11,12)13;/h1-3H,(H,11,12,13);1H. The highest BCUT2D eigenvalue weighted by Crippen LogP contribution is 2.28. The zero-order valence-corrected chi connectivity index (χ0v) is 8.53. The molecule has 4 nitrogen and oxygen atoms in total. The van der Waals surface area contributed by atoms with Gasteiger partial charge in [0.05, 0.1) is 5.56 Å². The van der Waals surface area contributed by atoms with Crippen LogP contribution in [0, 0.1) is 0 Å². The van der Waals surface area contributed by atoms with E-state index in [9.17, 15) is 21.6 Å². The van der Waals surface area contributed by atoms with Gasteiger partial charge in [-0.15, -0.1) is 12.4 Å². The quantitative estimate of drug-likeness (QED) is 0.784. The summed E-state index contributed by atoms with van der Waals surface area (Å²) in [6, 6.07) is 1.11. The summed E-state index contributed by atoms with van der Waals surface area (Å²) < 4.78 is 65.1. The summed E-state index contributed by atoms with van der Waals surface area (Å²) in [5, 5.41) is -0.814. The van der Waals surface area contributed by atoms with Crippen LogP contribution in [0.15, 0.2) is 23.4 Å². The van der Waals surface area contributed by atoms with E-state index < -0.39 is 26.9 Å². The van der Waals surface area contributed by atoms with Crippen LogP contribution in [0.1, 0.15) is 5.56 Å². The highest BCUT2D eigenvalue weighted by atomic mass is 35.5. The Bertz CT molecular complexity index is 428. The highest BCUT2D eigenvalue weighted by molar-refractivity contribution is 7.85. The summed E-state index contributed by atoms with van der Waals surface area (Å²) in [5.74, 6) is 0. The van der Waals surface area contributed by atoms with Crippen LogP contribution in [0.3, 0.4) is 0 Å². The van der Waals surface area contributed by atoms with Gasteiger partial charge in [-0.3, -0.25) is 4.55 Å². The van der Waals surface area contributed by atoms with Crippen LogP contribution in [0.5, 0.6) is 0 Å². The Morgan fingerprint density at radius 1 is 1.27 bits per heavy atom. The predicted octanol–water partition coefficient (Wildman–Crippen LogP) is 1.77. The Morgan fingerprint density at radius 3 is 2.07 bits per heavy atom. The monoisotopic (exact) mass is 263 g/mol. The van der Waals surface area contributed by atoms with E-state index in [0.717, 1.165) is 0 Å². The summed E-state index contributed by atoms with van der Waals surface area (Å²) >= 11 is 0. The van der Waals surface area contributed by atoms with Crippen molar-refractivity contribution in [3.63, 3.8) is 0 Å². The number of aromatic nitrogens is 1. The van der Waals surface area contributed by atoms with E-state index in [1.54, 1.807) is 0 Å². The van der Waals surface area contributed by atoms with E-state index in [1.165, 1.54) is 0 Å². The first kappa shape index (κ1) is 14.1. The Morgan fingerprint density at radius 2 is 1.80 bits per heavy atom. The lowest BCUT2D eigenvalue weighted by Gasteiger charge is -2.05. The third kappa shape index (κ3) is 3.65. The third-order valence-corrected chi connectivity index (χ3v) is 2.10. The van der Waals surface area contributed by atoms with Gasteiger partial charge in [0, 0.05) is 6.20 Å². The fourth-order valence-corrected chi connectivity index (χ4v) is 1.13. The van der Waals surface area contributed by atoms with E-state index in [4.69, 9.17) is 4.55 Å². The lowest BCUT2D eigenvalue weighted by molar-refractivity contribution is -0.137. The van der Waals surface area contributed by atoms with Gasteiger partial charge in [0.15, 0.2) is 5.03 Å². The molecular weight excluding hydrogens is 259 g/mol. The van der Waals surface area contributed by atoms with Crippen LogP contribution in [-0.4, -0.2) is 18.0 Å². The molecule has 9 heteroatoms. The molecule has 0 aromatic carbocycles. The van der Waals surface area contributed by atoms with Gasteiger partial charge in [0.2, 0.25) is 0 Å². The molecule has 0 aliphatic heterocycles. The first-order valence-corrected chi connectivity index (χ1v) is 4.66. The topological polar surface area (TPSA) is 67.3 Å². The van der Waals surface area contributed by atoms with Crippen LogP contribution in [0.25, 0.3) is 0 Å². The van der Waals surface area contributed by atoms with Crippen molar-refractivity contribution in [2.75, 3.05) is 0 Å². The van der Waals surface area contributed by atoms with Gasteiger partial charge in [-0.05, 0) is 12.1 Å². The Kier molecular flexibility index (Phi) is 4.08. The van der Waals surface area contributed by atoms with Crippen LogP contribution in [0.2, 0.25) is 0 Å². The number of alkyl halides is 3. The molecule has 15 heavy (non-hydrogen) atoms. The second-order valence-corrected chi connectivity index (χ2v) is 3.73. The van der Waals surface area contributed by atoms with E-state index in [2.05, 4.69) is 4.98 Å². The molecule has 1 heterocycles. The van der Waals surface area contributed by atoms with Crippen LogP contribution >= 0.6 is 12.4 Å². The average molecular weight is 264 g/mol. The number of hydrogen-bond acceptors (Lipinski definition) is 3. The maximum atomic E-state index is 12.0. The molecule has 0 saturated heterocycles. The normalized spacial score (nSPS) is 12.0. The highest BCUT2D eigenvalue weighted by Gasteiger charge is 2.31. The average Bonchev–Trinajstić information content (AvgIpc) is 2.01. The van der Waals surface area contributed by atoms with Crippen molar-refractivity contribution in [2.24, 2.45) is 0 Å². The molecule has 0 unspecified atom stereocenters. The molecule has 1 aromatic rings.